The molecule has 33 heavy (non-hydrogen) atoms. The van der Waals surface area contributed by atoms with E-state index >= 15 is 0 Å². The van der Waals surface area contributed by atoms with E-state index in [4.69, 9.17) is 16.3 Å². The lowest BCUT2D eigenvalue weighted by molar-refractivity contribution is -0.123. The molecule has 0 aromatic carbocycles. The maximum atomic E-state index is 12.8. The molecular weight excluding hydrogens is 452 g/mol. The van der Waals surface area contributed by atoms with Crippen molar-refractivity contribution in [2.75, 3.05) is 38.1 Å². The van der Waals surface area contributed by atoms with Gasteiger partial charge in [0.2, 0.25) is 6.23 Å². The number of rotatable bonds is 4. The van der Waals surface area contributed by atoms with Gasteiger partial charge in [-0.3, -0.25) is 14.6 Å². The van der Waals surface area contributed by atoms with Crippen molar-refractivity contribution in [1.82, 2.24) is 24.8 Å². The van der Waals surface area contributed by atoms with Crippen molar-refractivity contribution >= 4 is 35.9 Å². The number of allylic oxidation sites excluding steroid dienone is 1. The first-order chi connectivity index (χ1) is 16.0. The van der Waals surface area contributed by atoms with Crippen LogP contribution in [0.5, 0.6) is 0 Å². The molecule has 0 N–H and O–H groups in total. The number of ether oxygens (including phenoxy) is 2. The average molecular weight is 475 g/mol. The lowest BCUT2D eigenvalue weighted by atomic mass is 10.3. The zero-order valence-electron chi connectivity index (χ0n) is 18.1. The van der Waals surface area contributed by atoms with Crippen LogP contribution in [0.15, 0.2) is 43.1 Å². The molecule has 12 heteroatoms. The number of fused-ring (bicyclic) bond motifs is 1. The summed E-state index contributed by atoms with van der Waals surface area (Å²) in [6.45, 7) is 4.78. The van der Waals surface area contributed by atoms with E-state index < -0.39 is 18.2 Å². The van der Waals surface area contributed by atoms with Crippen LogP contribution in [0.4, 0.5) is 10.6 Å². The second-order valence-corrected chi connectivity index (χ2v) is 7.46. The van der Waals surface area contributed by atoms with Gasteiger partial charge in [0.1, 0.15) is 11.5 Å². The zero-order valence-corrected chi connectivity index (χ0v) is 18.9. The quantitative estimate of drug-likeness (QED) is 0.485. The van der Waals surface area contributed by atoms with Gasteiger partial charge >= 0.3 is 6.09 Å². The smallest absolute Gasteiger partial charge is 0.412 e. The Morgan fingerprint density at radius 2 is 1.88 bits per heavy atom. The van der Waals surface area contributed by atoms with Gasteiger partial charge in [-0.15, -0.1) is 0 Å². The molecule has 11 nitrogen and oxygen atoms in total. The molecule has 2 amide bonds. The van der Waals surface area contributed by atoms with Crippen molar-refractivity contribution in [2.24, 2.45) is 0 Å². The molecule has 0 saturated carbocycles. The summed E-state index contributed by atoms with van der Waals surface area (Å²) < 4.78 is 9.80. The molecule has 0 unspecified atom stereocenters. The van der Waals surface area contributed by atoms with Crippen LogP contribution in [0.2, 0.25) is 5.02 Å². The molecule has 2 aliphatic heterocycles. The first-order valence-electron chi connectivity index (χ1n) is 10.1. The predicted octanol–water partition coefficient (Wildman–Crippen LogP) is 2.26. The van der Waals surface area contributed by atoms with Gasteiger partial charge in [-0.25, -0.2) is 19.7 Å². The summed E-state index contributed by atoms with van der Waals surface area (Å²) >= 11 is 5.89. The maximum absolute atomic E-state index is 12.8. The molecule has 1 fully saturated rings. The number of piperazine rings is 1. The molecular formula is C21H23ClN6O5. The third kappa shape index (κ3) is 5.82. The summed E-state index contributed by atoms with van der Waals surface area (Å²) in [6.07, 6.45) is 5.73. The number of hydrogen-bond acceptors (Lipinski definition) is 9. The Hall–Kier alpha value is -3.57. The first-order valence-corrected chi connectivity index (χ1v) is 10.4. The molecule has 0 aliphatic carbocycles. The summed E-state index contributed by atoms with van der Waals surface area (Å²) in [5.74, 6) is -0.121. The van der Waals surface area contributed by atoms with E-state index in [9.17, 15) is 14.4 Å². The molecule has 2 aliphatic rings. The van der Waals surface area contributed by atoms with Crippen LogP contribution >= 0.6 is 11.6 Å². The Morgan fingerprint density at radius 1 is 1.15 bits per heavy atom. The molecule has 0 radical (unpaired) electrons. The highest BCUT2D eigenvalue weighted by Gasteiger charge is 2.44. The van der Waals surface area contributed by atoms with E-state index in [0.29, 0.717) is 36.1 Å². The summed E-state index contributed by atoms with van der Waals surface area (Å²) in [4.78, 5) is 52.3. The third-order valence-corrected chi connectivity index (χ3v) is 5.04. The van der Waals surface area contributed by atoms with E-state index in [0.717, 1.165) is 13.1 Å². The topological polar surface area (TPSA) is 118 Å². The number of carbonyl (C=O) groups excluding carboxylic acids is 3. The van der Waals surface area contributed by atoms with Crippen LogP contribution in [-0.4, -0.2) is 76.5 Å². The van der Waals surface area contributed by atoms with Gasteiger partial charge in [-0.05, 0) is 26.1 Å². The van der Waals surface area contributed by atoms with Crippen LogP contribution in [0, 0.1) is 0 Å². The van der Waals surface area contributed by atoms with Crippen molar-refractivity contribution in [3.63, 3.8) is 0 Å². The average Bonchev–Trinajstić information content (AvgIpc) is 3.10. The molecule has 0 bridgehead atoms. The lowest BCUT2D eigenvalue weighted by Crippen LogP contribution is -2.48. The van der Waals surface area contributed by atoms with E-state index in [1.165, 1.54) is 29.8 Å². The fraction of sp³-hybridized carbons (Fsp3) is 0.333. The molecule has 4 heterocycles. The minimum absolute atomic E-state index is 0.144. The predicted molar refractivity (Wildman–Crippen MR) is 118 cm³/mol. The van der Waals surface area contributed by atoms with E-state index in [2.05, 4.69) is 24.6 Å². The molecule has 2 aromatic heterocycles. The largest absolute Gasteiger partial charge is 0.437 e. The second-order valence-electron chi connectivity index (χ2n) is 7.03. The Kier molecular flexibility index (Phi) is 8.28. The fourth-order valence-corrected chi connectivity index (χ4v) is 3.26. The summed E-state index contributed by atoms with van der Waals surface area (Å²) in [7, 11) is 2.00. The molecule has 2 aromatic rings. The zero-order chi connectivity index (χ0) is 23.8. The summed E-state index contributed by atoms with van der Waals surface area (Å²) in [5, 5.41) is 0.435. The molecule has 174 valence electrons. The Balaban J connectivity index is 0.000000454. The fourth-order valence-electron chi connectivity index (χ4n) is 3.15. The minimum atomic E-state index is -1.03. The van der Waals surface area contributed by atoms with Gasteiger partial charge in [-0.2, -0.15) is 0 Å². The Labute approximate surface area is 195 Å². The second kappa shape index (κ2) is 11.3. The first kappa shape index (κ1) is 24.1. The number of pyridine rings is 1. The SMILES string of the molecule is C/C=C/OC=O.CN1CCN(C(=O)O[C@H]2c3nccnc3C(=O)N2c2ccc(Cl)cn2)CC1. The normalized spacial score (nSPS) is 17.9. The van der Waals surface area contributed by atoms with Crippen LogP contribution in [0.3, 0.4) is 0 Å². The number of carbonyl (C=O) groups is 3. The Bertz CT molecular complexity index is 1010. The highest BCUT2D eigenvalue weighted by atomic mass is 35.5. The maximum Gasteiger partial charge on any atom is 0.412 e. The van der Waals surface area contributed by atoms with Crippen molar-refractivity contribution in [3.8, 4) is 0 Å². The summed E-state index contributed by atoms with van der Waals surface area (Å²) in [5.41, 5.74) is 0.437. The van der Waals surface area contributed by atoms with Crippen molar-refractivity contribution in [1.29, 1.82) is 0 Å². The highest BCUT2D eigenvalue weighted by molar-refractivity contribution is 6.30. The third-order valence-electron chi connectivity index (χ3n) is 4.82. The summed E-state index contributed by atoms with van der Waals surface area (Å²) in [6, 6.07) is 3.20. The molecule has 4 rings (SSSR count). The van der Waals surface area contributed by atoms with Gasteiger partial charge in [0.25, 0.3) is 12.4 Å². The van der Waals surface area contributed by atoms with Crippen molar-refractivity contribution < 1.29 is 23.9 Å². The van der Waals surface area contributed by atoms with Gasteiger partial charge in [0.15, 0.2) is 5.69 Å². The molecule has 1 saturated heterocycles. The molecule has 1 atom stereocenters. The number of nitrogens with zero attached hydrogens (tertiary/aromatic N) is 6. The number of anilines is 1. The monoisotopic (exact) mass is 474 g/mol. The van der Waals surface area contributed by atoms with Gasteiger partial charge in [0, 0.05) is 44.8 Å². The number of aromatic nitrogens is 3. The molecule has 0 spiro atoms. The van der Waals surface area contributed by atoms with Crippen LogP contribution < -0.4 is 4.90 Å². The number of halogens is 1. The van der Waals surface area contributed by atoms with Crippen molar-refractivity contribution in [3.05, 3.63) is 59.5 Å². The van der Waals surface area contributed by atoms with Crippen molar-refractivity contribution in [2.45, 2.75) is 13.2 Å². The van der Waals surface area contributed by atoms with Crippen LogP contribution in [-0.2, 0) is 14.3 Å². The Morgan fingerprint density at radius 3 is 2.48 bits per heavy atom. The van der Waals surface area contributed by atoms with E-state index in [-0.39, 0.29) is 5.69 Å². The van der Waals surface area contributed by atoms with E-state index in [1.54, 1.807) is 30.0 Å². The number of likely N-dealkylation sites (N-methyl/N-ethyl adjacent to an activating group) is 1. The number of amides is 2. The lowest BCUT2D eigenvalue weighted by Gasteiger charge is -2.33. The van der Waals surface area contributed by atoms with Gasteiger partial charge in [-0.1, -0.05) is 17.7 Å². The standard InChI is InChI=1S/C17H17ClN6O3.C4H6O2/c1-22-6-8-23(9-7-22)17(26)27-16-14-13(19-4-5-20-14)15(25)24(16)12-3-2-11(18)10-21-12;1-2-3-6-4-5/h2-5,10,16H,6-9H2,1H3;2-4H,1H3/b;3-2+/t16-;/m0./s1. The number of hydrogen-bond donors (Lipinski definition) is 0. The highest BCUT2D eigenvalue weighted by Crippen LogP contribution is 2.35. The minimum Gasteiger partial charge on any atom is -0.437 e. The van der Waals surface area contributed by atoms with E-state index in [1.807, 2.05) is 7.05 Å². The van der Waals surface area contributed by atoms with Crippen LogP contribution in [0.1, 0.15) is 29.3 Å². The van der Waals surface area contributed by atoms with Gasteiger partial charge in [0.05, 0.1) is 11.3 Å². The van der Waals surface area contributed by atoms with Gasteiger partial charge < -0.3 is 19.3 Å². The van der Waals surface area contributed by atoms with Crippen LogP contribution in [0.25, 0.3) is 0 Å².